The number of thiocarbonyl (C=S) groups is 1. The topological polar surface area (TPSA) is 45.6 Å². The number of benzene rings is 1. The first-order valence-corrected chi connectivity index (χ1v) is 13.5. The van der Waals surface area contributed by atoms with Crippen molar-refractivity contribution in [2.45, 2.75) is 32.4 Å². The monoisotopic (exact) mass is 553 g/mol. The second kappa shape index (κ2) is 10.8. The second-order valence-corrected chi connectivity index (χ2v) is 10.6. The van der Waals surface area contributed by atoms with E-state index in [4.69, 9.17) is 21.9 Å². The van der Waals surface area contributed by atoms with E-state index in [9.17, 15) is 0 Å². The van der Waals surface area contributed by atoms with Gasteiger partial charge in [0.2, 0.25) is 0 Å². The van der Waals surface area contributed by atoms with Crippen molar-refractivity contribution in [2.75, 3.05) is 39.4 Å². The molecule has 0 spiro atoms. The van der Waals surface area contributed by atoms with E-state index in [-0.39, 0.29) is 12.1 Å². The minimum Gasteiger partial charge on any atom is -0.379 e. The molecule has 0 aliphatic carbocycles. The Balaban J connectivity index is 1.47. The maximum Gasteiger partial charge on any atom is 0.170 e. The minimum absolute atomic E-state index is 0.00328. The van der Waals surface area contributed by atoms with Gasteiger partial charge in [0.25, 0.3) is 0 Å². The summed E-state index contributed by atoms with van der Waals surface area (Å²) in [6, 6.07) is 17.0. The molecule has 8 heteroatoms. The molecule has 0 bridgehead atoms. The van der Waals surface area contributed by atoms with Crippen molar-refractivity contribution in [1.82, 2.24) is 24.7 Å². The summed E-state index contributed by atoms with van der Waals surface area (Å²) in [6.45, 7) is 10.0. The van der Waals surface area contributed by atoms with Gasteiger partial charge in [-0.1, -0.05) is 28.1 Å². The lowest BCUT2D eigenvalue weighted by atomic mass is 9.96. The molecule has 4 heterocycles. The van der Waals surface area contributed by atoms with Crippen LogP contribution in [0.3, 0.4) is 0 Å². The SMILES string of the molecule is Cc1cc([C@@H]2[C@@H](c3ccccn3)NC(=S)N2CCCN2CCOCC2)c(C)n1-c1cccc(Br)c1. The van der Waals surface area contributed by atoms with Crippen LogP contribution in [0.4, 0.5) is 0 Å². The number of rotatable bonds is 7. The van der Waals surface area contributed by atoms with Gasteiger partial charge in [-0.25, -0.2) is 0 Å². The number of pyridine rings is 1. The molecule has 2 aromatic heterocycles. The van der Waals surface area contributed by atoms with Gasteiger partial charge in [-0.15, -0.1) is 0 Å². The van der Waals surface area contributed by atoms with Gasteiger partial charge >= 0.3 is 0 Å². The molecule has 2 fully saturated rings. The van der Waals surface area contributed by atoms with Crippen molar-refractivity contribution in [3.63, 3.8) is 0 Å². The fourth-order valence-electron chi connectivity index (χ4n) is 5.37. The summed E-state index contributed by atoms with van der Waals surface area (Å²) in [7, 11) is 0. The van der Waals surface area contributed by atoms with Crippen molar-refractivity contribution in [2.24, 2.45) is 0 Å². The smallest absolute Gasteiger partial charge is 0.170 e. The number of aromatic nitrogens is 2. The number of nitrogens with one attached hydrogen (secondary N) is 1. The predicted molar refractivity (Wildman–Crippen MR) is 147 cm³/mol. The van der Waals surface area contributed by atoms with Gasteiger partial charge in [0.05, 0.1) is 31.0 Å². The maximum atomic E-state index is 5.90. The summed E-state index contributed by atoms with van der Waals surface area (Å²) in [5.41, 5.74) is 5.90. The Morgan fingerprint density at radius 1 is 1.09 bits per heavy atom. The molecule has 3 aromatic rings. The number of ether oxygens (including phenoxy) is 1. The first-order chi connectivity index (χ1) is 17.0. The Morgan fingerprint density at radius 3 is 2.66 bits per heavy atom. The van der Waals surface area contributed by atoms with Crippen LogP contribution in [0.5, 0.6) is 0 Å². The third-order valence-corrected chi connectivity index (χ3v) is 7.88. The fourth-order valence-corrected chi connectivity index (χ4v) is 6.09. The molecule has 0 unspecified atom stereocenters. The lowest BCUT2D eigenvalue weighted by molar-refractivity contribution is 0.0365. The van der Waals surface area contributed by atoms with Crippen LogP contribution in [0.1, 0.15) is 41.1 Å². The zero-order chi connectivity index (χ0) is 24.4. The number of halogens is 1. The van der Waals surface area contributed by atoms with E-state index < -0.39 is 0 Å². The van der Waals surface area contributed by atoms with Crippen molar-refractivity contribution in [1.29, 1.82) is 0 Å². The molecular weight excluding hydrogens is 522 g/mol. The molecular formula is C27H32BrN5OS. The number of hydrogen-bond donors (Lipinski definition) is 1. The van der Waals surface area contributed by atoms with Gasteiger partial charge in [-0.3, -0.25) is 9.88 Å². The number of hydrogen-bond acceptors (Lipinski definition) is 4. The molecule has 0 amide bonds. The average molecular weight is 555 g/mol. The van der Waals surface area contributed by atoms with Gasteiger partial charge in [0, 0.05) is 53.9 Å². The van der Waals surface area contributed by atoms with Crippen LogP contribution in [0.25, 0.3) is 5.69 Å². The third kappa shape index (κ3) is 5.16. The summed E-state index contributed by atoms with van der Waals surface area (Å²) in [4.78, 5) is 9.57. The summed E-state index contributed by atoms with van der Waals surface area (Å²) < 4.78 is 8.92. The standard InChI is InChI=1S/C27H32BrN5OS/c1-19-17-23(20(2)33(19)22-8-5-7-21(28)18-22)26-25(24-9-3-4-10-29-24)30-27(35)32(26)12-6-11-31-13-15-34-16-14-31/h3-5,7-10,17-18,25-26H,6,11-16H2,1-2H3,(H,30,35)/t25-,26-/m1/s1. The van der Waals surface area contributed by atoms with Crippen LogP contribution in [-0.2, 0) is 4.74 Å². The number of morpholine rings is 1. The highest BCUT2D eigenvalue weighted by atomic mass is 79.9. The van der Waals surface area contributed by atoms with Crippen molar-refractivity contribution in [3.05, 3.63) is 81.8 Å². The Labute approximate surface area is 221 Å². The van der Waals surface area contributed by atoms with E-state index >= 15 is 0 Å². The average Bonchev–Trinajstić information content (AvgIpc) is 3.35. The summed E-state index contributed by atoms with van der Waals surface area (Å²) >= 11 is 9.53. The van der Waals surface area contributed by atoms with Crippen molar-refractivity contribution >= 4 is 33.3 Å². The number of aryl methyl sites for hydroxylation is 1. The van der Waals surface area contributed by atoms with Crippen LogP contribution in [0, 0.1) is 13.8 Å². The zero-order valence-electron chi connectivity index (χ0n) is 20.3. The molecule has 184 valence electrons. The van der Waals surface area contributed by atoms with Gasteiger partial charge in [0.1, 0.15) is 0 Å². The molecule has 5 rings (SSSR count). The number of nitrogens with zero attached hydrogens (tertiary/aromatic N) is 4. The highest BCUT2D eigenvalue weighted by Crippen LogP contribution is 2.41. The Hall–Kier alpha value is -2.26. The first kappa shape index (κ1) is 24.4. The fraction of sp³-hybridized carbons (Fsp3) is 0.407. The molecule has 2 saturated heterocycles. The van der Waals surface area contributed by atoms with E-state index in [0.717, 1.165) is 66.8 Å². The molecule has 2 aliphatic heterocycles. The van der Waals surface area contributed by atoms with Crippen molar-refractivity contribution in [3.8, 4) is 5.69 Å². The molecule has 0 radical (unpaired) electrons. The molecule has 2 atom stereocenters. The third-order valence-electron chi connectivity index (χ3n) is 7.03. The van der Waals surface area contributed by atoms with E-state index in [1.807, 2.05) is 12.3 Å². The predicted octanol–water partition coefficient (Wildman–Crippen LogP) is 4.95. The maximum absolute atomic E-state index is 5.90. The summed E-state index contributed by atoms with van der Waals surface area (Å²) in [5.74, 6) is 0. The van der Waals surface area contributed by atoms with Crippen molar-refractivity contribution < 1.29 is 4.74 Å². The lowest BCUT2D eigenvalue weighted by Gasteiger charge is -2.30. The molecule has 1 N–H and O–H groups in total. The zero-order valence-corrected chi connectivity index (χ0v) is 22.7. The van der Waals surface area contributed by atoms with Crippen LogP contribution in [-0.4, -0.2) is 63.9 Å². The normalized spacial score (nSPS) is 20.9. The highest BCUT2D eigenvalue weighted by molar-refractivity contribution is 9.10. The Bertz CT molecular complexity index is 1180. The van der Waals surface area contributed by atoms with Crippen LogP contribution >= 0.6 is 28.1 Å². The summed E-state index contributed by atoms with van der Waals surface area (Å²) in [6.07, 6.45) is 2.92. The van der Waals surface area contributed by atoms with E-state index in [1.54, 1.807) is 0 Å². The molecule has 0 saturated carbocycles. The van der Waals surface area contributed by atoms with Gasteiger partial charge in [-0.2, -0.15) is 0 Å². The van der Waals surface area contributed by atoms with Gasteiger partial charge in [-0.05, 0) is 74.4 Å². The van der Waals surface area contributed by atoms with Crippen LogP contribution in [0.15, 0.2) is 59.2 Å². The largest absolute Gasteiger partial charge is 0.379 e. The van der Waals surface area contributed by atoms with E-state index in [2.05, 4.69) is 91.9 Å². The Morgan fingerprint density at radius 2 is 1.91 bits per heavy atom. The van der Waals surface area contributed by atoms with Gasteiger partial charge in [0.15, 0.2) is 5.11 Å². The quantitative estimate of drug-likeness (QED) is 0.418. The molecule has 1 aromatic carbocycles. The first-order valence-electron chi connectivity index (χ1n) is 12.3. The Kier molecular flexibility index (Phi) is 7.53. The molecule has 35 heavy (non-hydrogen) atoms. The van der Waals surface area contributed by atoms with Crippen LogP contribution in [0.2, 0.25) is 0 Å². The highest BCUT2D eigenvalue weighted by Gasteiger charge is 2.41. The molecule has 2 aliphatic rings. The van der Waals surface area contributed by atoms with Crippen LogP contribution < -0.4 is 5.32 Å². The second-order valence-electron chi connectivity index (χ2n) is 9.27. The molecule has 6 nitrogen and oxygen atoms in total. The van der Waals surface area contributed by atoms with Gasteiger partial charge < -0.3 is 19.5 Å². The van der Waals surface area contributed by atoms with E-state index in [1.165, 1.54) is 17.0 Å². The van der Waals surface area contributed by atoms with E-state index in [0.29, 0.717) is 0 Å². The minimum atomic E-state index is 0.00328. The lowest BCUT2D eigenvalue weighted by Crippen LogP contribution is -2.39. The summed E-state index contributed by atoms with van der Waals surface area (Å²) in [5, 5.41) is 4.41.